The molecular weight excluding hydrogens is 262 g/mol. The number of amides is 1. The average molecular weight is 285 g/mol. The highest BCUT2D eigenvalue weighted by Crippen LogP contribution is 2.21. The standard InChI is InChI=1S/C17H23N3O/c1-11-9-13(12-7-5-6-8-14(12)19-11)16(21)20-15(10-18)17(2,3)4/h5-9,15H,10,18H2,1-4H3,(H,20,21). The summed E-state index contributed by atoms with van der Waals surface area (Å²) in [4.78, 5) is 17.1. The lowest BCUT2D eigenvalue weighted by molar-refractivity contribution is 0.0907. The van der Waals surface area contributed by atoms with Gasteiger partial charge in [-0.2, -0.15) is 0 Å². The van der Waals surface area contributed by atoms with Gasteiger partial charge in [0.15, 0.2) is 0 Å². The van der Waals surface area contributed by atoms with Gasteiger partial charge in [-0.3, -0.25) is 9.78 Å². The molecule has 1 atom stereocenters. The van der Waals surface area contributed by atoms with E-state index in [1.54, 1.807) is 0 Å². The number of nitrogens with zero attached hydrogens (tertiary/aromatic N) is 1. The number of carbonyl (C=O) groups is 1. The number of benzene rings is 1. The maximum atomic E-state index is 12.6. The lowest BCUT2D eigenvalue weighted by Crippen LogP contribution is -2.48. The third kappa shape index (κ3) is 3.39. The Bertz CT molecular complexity index is 659. The maximum absolute atomic E-state index is 12.6. The van der Waals surface area contributed by atoms with Crippen molar-refractivity contribution < 1.29 is 4.79 Å². The fourth-order valence-electron chi connectivity index (χ4n) is 2.36. The second-order valence-electron chi connectivity index (χ2n) is 6.46. The van der Waals surface area contributed by atoms with Crippen LogP contribution in [-0.2, 0) is 0 Å². The Hall–Kier alpha value is -1.94. The Balaban J connectivity index is 2.40. The quantitative estimate of drug-likeness (QED) is 0.911. The van der Waals surface area contributed by atoms with Gasteiger partial charge in [-0.25, -0.2) is 0 Å². The maximum Gasteiger partial charge on any atom is 0.252 e. The third-order valence-corrected chi connectivity index (χ3v) is 3.68. The van der Waals surface area contributed by atoms with Gasteiger partial charge >= 0.3 is 0 Å². The predicted octanol–water partition coefficient (Wildman–Crippen LogP) is 2.65. The molecule has 2 aromatic rings. The molecule has 0 saturated heterocycles. The van der Waals surface area contributed by atoms with Gasteiger partial charge < -0.3 is 11.1 Å². The second kappa shape index (κ2) is 5.82. The summed E-state index contributed by atoms with van der Waals surface area (Å²) >= 11 is 0. The van der Waals surface area contributed by atoms with Crippen LogP contribution in [0.5, 0.6) is 0 Å². The molecule has 4 nitrogen and oxygen atoms in total. The first-order valence-electron chi connectivity index (χ1n) is 7.20. The van der Waals surface area contributed by atoms with Gasteiger partial charge in [0, 0.05) is 23.7 Å². The molecule has 1 aromatic carbocycles. The molecule has 1 aromatic heterocycles. The fraction of sp³-hybridized carbons (Fsp3) is 0.412. The number of pyridine rings is 1. The lowest BCUT2D eigenvalue weighted by Gasteiger charge is -2.30. The van der Waals surface area contributed by atoms with Crippen molar-refractivity contribution in [2.24, 2.45) is 11.1 Å². The number of aromatic nitrogens is 1. The molecule has 3 N–H and O–H groups in total. The van der Waals surface area contributed by atoms with E-state index in [0.717, 1.165) is 16.6 Å². The van der Waals surface area contributed by atoms with Gasteiger partial charge in [-0.05, 0) is 24.5 Å². The highest BCUT2D eigenvalue weighted by Gasteiger charge is 2.25. The van der Waals surface area contributed by atoms with Crippen LogP contribution in [0, 0.1) is 12.3 Å². The van der Waals surface area contributed by atoms with Gasteiger partial charge in [0.1, 0.15) is 0 Å². The van der Waals surface area contributed by atoms with Crippen LogP contribution in [0.25, 0.3) is 10.9 Å². The largest absolute Gasteiger partial charge is 0.347 e. The van der Waals surface area contributed by atoms with Crippen molar-refractivity contribution in [3.63, 3.8) is 0 Å². The number of nitrogens with one attached hydrogen (secondary N) is 1. The molecule has 4 heteroatoms. The predicted molar refractivity (Wildman–Crippen MR) is 86.2 cm³/mol. The topological polar surface area (TPSA) is 68.0 Å². The Kier molecular flexibility index (Phi) is 4.28. The molecule has 0 aliphatic rings. The molecule has 0 aliphatic heterocycles. The monoisotopic (exact) mass is 285 g/mol. The van der Waals surface area contributed by atoms with E-state index in [9.17, 15) is 4.79 Å². The molecule has 2 rings (SSSR count). The van der Waals surface area contributed by atoms with Crippen molar-refractivity contribution in [2.45, 2.75) is 33.7 Å². The van der Waals surface area contributed by atoms with Crippen molar-refractivity contribution in [1.82, 2.24) is 10.3 Å². The molecule has 1 amide bonds. The van der Waals surface area contributed by atoms with Crippen molar-refractivity contribution in [3.8, 4) is 0 Å². The first kappa shape index (κ1) is 15.4. The van der Waals surface area contributed by atoms with Gasteiger partial charge in [0.05, 0.1) is 11.1 Å². The number of carbonyl (C=O) groups excluding carboxylic acids is 1. The smallest absolute Gasteiger partial charge is 0.252 e. The van der Waals surface area contributed by atoms with E-state index in [2.05, 4.69) is 31.1 Å². The summed E-state index contributed by atoms with van der Waals surface area (Å²) in [7, 11) is 0. The van der Waals surface area contributed by atoms with E-state index in [0.29, 0.717) is 12.1 Å². The van der Waals surface area contributed by atoms with Gasteiger partial charge in [-0.15, -0.1) is 0 Å². The first-order valence-corrected chi connectivity index (χ1v) is 7.20. The molecule has 1 unspecified atom stereocenters. The van der Waals surface area contributed by atoms with E-state index in [-0.39, 0.29) is 17.4 Å². The van der Waals surface area contributed by atoms with Crippen molar-refractivity contribution in [1.29, 1.82) is 0 Å². The summed E-state index contributed by atoms with van der Waals surface area (Å²) in [5.41, 5.74) is 8.04. The van der Waals surface area contributed by atoms with Crippen LogP contribution in [-0.4, -0.2) is 23.5 Å². The van der Waals surface area contributed by atoms with Crippen molar-refractivity contribution in [3.05, 3.63) is 41.6 Å². The minimum atomic E-state index is -0.0953. The van der Waals surface area contributed by atoms with Crippen LogP contribution in [0.1, 0.15) is 36.8 Å². The minimum absolute atomic E-state index is 0.0720. The zero-order chi connectivity index (χ0) is 15.6. The molecule has 0 radical (unpaired) electrons. The zero-order valence-corrected chi connectivity index (χ0v) is 13.1. The number of aryl methyl sites for hydroxylation is 1. The van der Waals surface area contributed by atoms with Crippen LogP contribution in [0.15, 0.2) is 30.3 Å². The highest BCUT2D eigenvalue weighted by atomic mass is 16.1. The van der Waals surface area contributed by atoms with Crippen LogP contribution in [0.4, 0.5) is 0 Å². The minimum Gasteiger partial charge on any atom is -0.347 e. The summed E-state index contributed by atoms with van der Waals surface area (Å²) in [6.45, 7) is 8.52. The van der Waals surface area contributed by atoms with Crippen molar-refractivity contribution in [2.75, 3.05) is 6.54 Å². The molecule has 21 heavy (non-hydrogen) atoms. The van der Waals surface area contributed by atoms with Crippen LogP contribution in [0.3, 0.4) is 0 Å². The van der Waals surface area contributed by atoms with E-state index in [1.165, 1.54) is 0 Å². The number of para-hydroxylation sites is 1. The van der Waals surface area contributed by atoms with Gasteiger partial charge in [0.25, 0.3) is 5.91 Å². The normalized spacial score (nSPS) is 13.2. The van der Waals surface area contributed by atoms with Crippen LogP contribution < -0.4 is 11.1 Å². The van der Waals surface area contributed by atoms with Gasteiger partial charge in [0.2, 0.25) is 0 Å². The van der Waals surface area contributed by atoms with E-state index in [1.807, 2.05) is 37.3 Å². The molecule has 0 bridgehead atoms. The molecule has 0 fully saturated rings. The van der Waals surface area contributed by atoms with E-state index in [4.69, 9.17) is 5.73 Å². The Morgan fingerprint density at radius 2 is 2.00 bits per heavy atom. The Morgan fingerprint density at radius 1 is 1.33 bits per heavy atom. The molecule has 0 aliphatic carbocycles. The number of fused-ring (bicyclic) bond motifs is 1. The summed E-state index contributed by atoms with van der Waals surface area (Å²) in [5.74, 6) is -0.0953. The number of hydrogen-bond donors (Lipinski definition) is 2. The SMILES string of the molecule is Cc1cc(C(=O)NC(CN)C(C)(C)C)c2ccccc2n1. The van der Waals surface area contributed by atoms with Crippen molar-refractivity contribution >= 4 is 16.8 Å². The molecule has 0 spiro atoms. The molecular formula is C17H23N3O. The zero-order valence-electron chi connectivity index (χ0n) is 13.1. The van der Waals surface area contributed by atoms with Crippen LogP contribution >= 0.6 is 0 Å². The fourth-order valence-corrected chi connectivity index (χ4v) is 2.36. The first-order chi connectivity index (χ1) is 9.82. The van der Waals surface area contributed by atoms with E-state index >= 15 is 0 Å². The molecule has 112 valence electrons. The Labute approximate surface area is 125 Å². The second-order valence-corrected chi connectivity index (χ2v) is 6.46. The van der Waals surface area contributed by atoms with Gasteiger partial charge in [-0.1, -0.05) is 39.0 Å². The number of hydrogen-bond acceptors (Lipinski definition) is 3. The summed E-state index contributed by atoms with van der Waals surface area (Å²) in [5, 5.41) is 3.92. The Morgan fingerprint density at radius 3 is 2.62 bits per heavy atom. The van der Waals surface area contributed by atoms with E-state index < -0.39 is 0 Å². The summed E-state index contributed by atoms with van der Waals surface area (Å²) in [6.07, 6.45) is 0. The number of rotatable bonds is 3. The lowest BCUT2D eigenvalue weighted by atomic mass is 9.86. The molecule has 1 heterocycles. The molecule has 0 saturated carbocycles. The number of nitrogens with two attached hydrogens (primary N) is 1. The van der Waals surface area contributed by atoms with Crippen LogP contribution in [0.2, 0.25) is 0 Å². The summed E-state index contributed by atoms with van der Waals surface area (Å²) in [6, 6.07) is 9.44. The highest BCUT2D eigenvalue weighted by molar-refractivity contribution is 6.06. The third-order valence-electron chi connectivity index (χ3n) is 3.68. The average Bonchev–Trinajstić information content (AvgIpc) is 2.42. The summed E-state index contributed by atoms with van der Waals surface area (Å²) < 4.78 is 0.